The number of hydrogen-bond acceptors (Lipinski definition) is 3. The predicted octanol–water partition coefficient (Wildman–Crippen LogP) is 2.42. The Morgan fingerprint density at radius 1 is 1.09 bits per heavy atom. The van der Waals surface area contributed by atoms with Crippen molar-refractivity contribution in [3.05, 3.63) is 71.5 Å². The average molecular weight is 299 g/mol. The molecule has 0 bridgehead atoms. The molecule has 0 saturated carbocycles. The molecule has 1 heterocycles. The highest BCUT2D eigenvalue weighted by atomic mass is 19.1. The van der Waals surface area contributed by atoms with Crippen LogP contribution in [0.4, 0.5) is 4.39 Å². The summed E-state index contributed by atoms with van der Waals surface area (Å²) in [6, 6.07) is 17.7. The molecule has 2 unspecified atom stereocenters. The van der Waals surface area contributed by atoms with Crippen molar-refractivity contribution < 1.29 is 4.39 Å². The molecule has 0 aliphatic carbocycles. The Kier molecular flexibility index (Phi) is 5.16. The summed E-state index contributed by atoms with van der Waals surface area (Å²) >= 11 is 0. The van der Waals surface area contributed by atoms with Crippen molar-refractivity contribution in [2.45, 2.75) is 12.5 Å². The van der Waals surface area contributed by atoms with Crippen molar-refractivity contribution in [2.75, 3.05) is 19.6 Å². The molecule has 0 amide bonds. The zero-order valence-corrected chi connectivity index (χ0v) is 12.6. The van der Waals surface area contributed by atoms with Crippen LogP contribution < -0.4 is 16.2 Å². The van der Waals surface area contributed by atoms with E-state index in [1.54, 1.807) is 12.1 Å². The van der Waals surface area contributed by atoms with Crippen LogP contribution in [0.2, 0.25) is 0 Å². The lowest BCUT2D eigenvalue weighted by atomic mass is 9.95. The first-order chi connectivity index (χ1) is 10.8. The van der Waals surface area contributed by atoms with Crippen molar-refractivity contribution in [2.24, 2.45) is 5.92 Å². The Balaban J connectivity index is 1.47. The zero-order chi connectivity index (χ0) is 15.2. The maximum Gasteiger partial charge on any atom is 0.123 e. The molecule has 116 valence electrons. The third-order valence-corrected chi connectivity index (χ3v) is 4.14. The molecule has 3 N–H and O–H groups in total. The first-order valence-electron chi connectivity index (χ1n) is 7.81. The van der Waals surface area contributed by atoms with Crippen LogP contribution in [-0.4, -0.2) is 19.6 Å². The van der Waals surface area contributed by atoms with Crippen molar-refractivity contribution in [3.8, 4) is 0 Å². The molecule has 2 aromatic carbocycles. The maximum absolute atomic E-state index is 13.1. The number of benzene rings is 2. The Morgan fingerprint density at radius 2 is 1.95 bits per heavy atom. The summed E-state index contributed by atoms with van der Waals surface area (Å²) in [4.78, 5) is 0. The molecule has 1 aliphatic heterocycles. The van der Waals surface area contributed by atoms with E-state index >= 15 is 0 Å². The number of hydrazine groups is 1. The molecule has 1 aliphatic rings. The monoisotopic (exact) mass is 299 g/mol. The maximum atomic E-state index is 13.1. The molecule has 3 nitrogen and oxygen atoms in total. The van der Waals surface area contributed by atoms with E-state index < -0.39 is 0 Å². The minimum atomic E-state index is -0.161. The summed E-state index contributed by atoms with van der Waals surface area (Å²) < 4.78 is 13.1. The predicted molar refractivity (Wildman–Crippen MR) is 86.8 cm³/mol. The minimum absolute atomic E-state index is 0.161. The van der Waals surface area contributed by atoms with Gasteiger partial charge in [-0.1, -0.05) is 42.5 Å². The van der Waals surface area contributed by atoms with Crippen LogP contribution in [-0.2, 0) is 6.42 Å². The topological polar surface area (TPSA) is 36.1 Å². The van der Waals surface area contributed by atoms with E-state index in [0.29, 0.717) is 12.0 Å². The molecular weight excluding hydrogens is 277 g/mol. The van der Waals surface area contributed by atoms with Crippen LogP contribution in [0.5, 0.6) is 0 Å². The highest BCUT2D eigenvalue weighted by Crippen LogP contribution is 2.23. The Bertz CT molecular complexity index is 588. The van der Waals surface area contributed by atoms with E-state index in [1.807, 2.05) is 12.1 Å². The van der Waals surface area contributed by atoms with E-state index in [-0.39, 0.29) is 5.82 Å². The van der Waals surface area contributed by atoms with Crippen molar-refractivity contribution in [3.63, 3.8) is 0 Å². The number of halogens is 1. The summed E-state index contributed by atoms with van der Waals surface area (Å²) in [6.45, 7) is 2.75. The highest BCUT2D eigenvalue weighted by Gasteiger charge is 2.27. The number of hydrogen-bond donors (Lipinski definition) is 3. The van der Waals surface area contributed by atoms with Crippen molar-refractivity contribution in [1.29, 1.82) is 0 Å². The zero-order valence-electron chi connectivity index (χ0n) is 12.6. The fraction of sp³-hybridized carbons (Fsp3) is 0.333. The van der Waals surface area contributed by atoms with Gasteiger partial charge in [0.25, 0.3) is 0 Å². The van der Waals surface area contributed by atoms with Gasteiger partial charge >= 0.3 is 0 Å². The standard InChI is InChI=1S/C18H22FN3/c19-17-8-4-5-14(11-17)9-10-20-12-16-13-21-22-18(16)15-6-2-1-3-7-15/h1-8,11,16,18,20-22H,9-10,12-13H2. The second-order valence-electron chi connectivity index (χ2n) is 5.76. The van der Waals surface area contributed by atoms with Crippen LogP contribution in [0.15, 0.2) is 54.6 Å². The van der Waals surface area contributed by atoms with Gasteiger partial charge in [0, 0.05) is 19.0 Å². The van der Waals surface area contributed by atoms with Gasteiger partial charge in [-0.3, -0.25) is 5.43 Å². The fourth-order valence-corrected chi connectivity index (χ4v) is 2.95. The lowest BCUT2D eigenvalue weighted by Gasteiger charge is -2.19. The van der Waals surface area contributed by atoms with Crippen molar-refractivity contribution in [1.82, 2.24) is 16.2 Å². The third kappa shape index (κ3) is 3.91. The van der Waals surface area contributed by atoms with Gasteiger partial charge in [0.2, 0.25) is 0 Å². The molecule has 0 spiro atoms. The summed E-state index contributed by atoms with van der Waals surface area (Å²) in [7, 11) is 0. The first-order valence-corrected chi connectivity index (χ1v) is 7.81. The number of rotatable bonds is 6. The van der Waals surface area contributed by atoms with E-state index in [9.17, 15) is 4.39 Å². The van der Waals surface area contributed by atoms with Gasteiger partial charge in [-0.15, -0.1) is 0 Å². The molecular formula is C18H22FN3. The summed E-state index contributed by atoms with van der Waals surface area (Å²) in [5.74, 6) is 0.348. The van der Waals surface area contributed by atoms with E-state index in [4.69, 9.17) is 0 Å². The quantitative estimate of drug-likeness (QED) is 0.717. The highest BCUT2D eigenvalue weighted by molar-refractivity contribution is 5.21. The summed E-state index contributed by atoms with van der Waals surface area (Å²) in [6.07, 6.45) is 0.849. The molecule has 4 heteroatoms. The Hall–Kier alpha value is -1.75. The first kappa shape index (κ1) is 15.2. The second kappa shape index (κ2) is 7.49. The molecule has 2 aromatic rings. The summed E-state index contributed by atoms with van der Waals surface area (Å²) in [5.41, 5.74) is 8.94. The molecule has 0 radical (unpaired) electrons. The van der Waals surface area contributed by atoms with Crippen LogP contribution in [0, 0.1) is 11.7 Å². The third-order valence-electron chi connectivity index (χ3n) is 4.14. The Morgan fingerprint density at radius 3 is 2.77 bits per heavy atom. The second-order valence-corrected chi connectivity index (χ2v) is 5.76. The minimum Gasteiger partial charge on any atom is -0.316 e. The molecule has 0 aromatic heterocycles. The molecule has 1 saturated heterocycles. The van der Waals surface area contributed by atoms with Gasteiger partial charge in [-0.25, -0.2) is 9.82 Å². The van der Waals surface area contributed by atoms with Gasteiger partial charge in [-0.2, -0.15) is 0 Å². The van der Waals surface area contributed by atoms with Gasteiger partial charge in [0.1, 0.15) is 5.82 Å². The van der Waals surface area contributed by atoms with Crippen LogP contribution in [0.1, 0.15) is 17.2 Å². The molecule has 22 heavy (non-hydrogen) atoms. The average Bonchev–Trinajstić information content (AvgIpc) is 3.01. The molecule has 2 atom stereocenters. The van der Waals surface area contributed by atoms with Crippen molar-refractivity contribution >= 4 is 0 Å². The van der Waals surface area contributed by atoms with Crippen LogP contribution in [0.3, 0.4) is 0 Å². The lowest BCUT2D eigenvalue weighted by Crippen LogP contribution is -2.29. The SMILES string of the molecule is Fc1cccc(CCNCC2CNNC2c2ccccc2)c1. The molecule has 1 fully saturated rings. The normalized spacial score (nSPS) is 21.1. The van der Waals surface area contributed by atoms with Crippen LogP contribution in [0.25, 0.3) is 0 Å². The lowest BCUT2D eigenvalue weighted by molar-refractivity contribution is 0.443. The molecule has 3 rings (SSSR count). The Labute approximate surface area is 130 Å². The van der Waals surface area contributed by atoms with Gasteiger partial charge in [-0.05, 0) is 36.2 Å². The van der Waals surface area contributed by atoms with Crippen LogP contribution >= 0.6 is 0 Å². The van der Waals surface area contributed by atoms with Gasteiger partial charge in [0.05, 0.1) is 6.04 Å². The van der Waals surface area contributed by atoms with Gasteiger partial charge < -0.3 is 5.32 Å². The van der Waals surface area contributed by atoms with E-state index in [2.05, 4.69) is 40.4 Å². The number of nitrogens with one attached hydrogen (secondary N) is 3. The largest absolute Gasteiger partial charge is 0.316 e. The van der Waals surface area contributed by atoms with E-state index in [1.165, 1.54) is 11.6 Å². The summed E-state index contributed by atoms with van der Waals surface area (Å²) in [5, 5.41) is 3.49. The fourth-order valence-electron chi connectivity index (χ4n) is 2.95. The van der Waals surface area contributed by atoms with Gasteiger partial charge in [0.15, 0.2) is 0 Å². The smallest absolute Gasteiger partial charge is 0.123 e. The van der Waals surface area contributed by atoms with E-state index in [0.717, 1.165) is 31.6 Å².